The molecule has 0 radical (unpaired) electrons. The lowest BCUT2D eigenvalue weighted by Crippen LogP contribution is -2.38. The van der Waals surface area contributed by atoms with Crippen molar-refractivity contribution < 1.29 is 0 Å². The lowest BCUT2D eigenvalue weighted by atomic mass is 10.1. The first-order valence-electron chi connectivity index (χ1n) is 10.0. The third-order valence-electron chi connectivity index (χ3n) is 4.65. The summed E-state index contributed by atoms with van der Waals surface area (Å²) in [6.45, 7) is 6.53. The van der Waals surface area contributed by atoms with Crippen molar-refractivity contribution in [3.05, 3.63) is 77.6 Å². The molecule has 0 bridgehead atoms. The van der Waals surface area contributed by atoms with E-state index >= 15 is 0 Å². The average molecular weight is 391 g/mol. The Hall–Kier alpha value is -3.28. The van der Waals surface area contributed by atoms with Gasteiger partial charge in [0, 0.05) is 38.1 Å². The van der Waals surface area contributed by atoms with Gasteiger partial charge in [-0.15, -0.1) is 0 Å². The number of benzene rings is 2. The number of aromatic nitrogens is 2. The first kappa shape index (κ1) is 20.5. The minimum Gasteiger partial charge on any atom is -0.385 e. The van der Waals surface area contributed by atoms with Crippen molar-refractivity contribution >= 4 is 11.6 Å². The second-order valence-electron chi connectivity index (χ2n) is 6.97. The number of para-hydroxylation sites is 2. The molecule has 152 valence electrons. The first-order chi connectivity index (χ1) is 14.2. The van der Waals surface area contributed by atoms with E-state index in [4.69, 9.17) is 0 Å². The van der Waals surface area contributed by atoms with Crippen LogP contribution in [0.2, 0.25) is 0 Å². The van der Waals surface area contributed by atoms with E-state index in [-0.39, 0.29) is 0 Å². The Morgan fingerprint density at radius 2 is 1.72 bits per heavy atom. The quantitative estimate of drug-likeness (QED) is 0.312. The van der Waals surface area contributed by atoms with Crippen molar-refractivity contribution in [3.63, 3.8) is 0 Å². The highest BCUT2D eigenvalue weighted by atomic mass is 15.3. The summed E-state index contributed by atoms with van der Waals surface area (Å²) in [7, 11) is 1.80. The number of aliphatic imine (C=N–C) groups is 1. The molecular formula is C23H30N6. The molecular weight excluding hydrogens is 360 g/mol. The Kier molecular flexibility index (Phi) is 7.28. The molecule has 0 spiro atoms. The maximum atomic E-state index is 4.62. The zero-order valence-corrected chi connectivity index (χ0v) is 17.4. The van der Waals surface area contributed by atoms with Crippen molar-refractivity contribution in [2.24, 2.45) is 4.99 Å². The Morgan fingerprint density at radius 3 is 2.45 bits per heavy atom. The highest BCUT2D eigenvalue weighted by Crippen LogP contribution is 2.16. The number of aryl methyl sites for hydroxylation is 2. The molecule has 0 aliphatic carbocycles. The van der Waals surface area contributed by atoms with Gasteiger partial charge >= 0.3 is 0 Å². The van der Waals surface area contributed by atoms with Crippen LogP contribution < -0.4 is 16.0 Å². The van der Waals surface area contributed by atoms with Crippen molar-refractivity contribution in [3.8, 4) is 5.69 Å². The molecule has 2 aromatic carbocycles. The van der Waals surface area contributed by atoms with Gasteiger partial charge in [-0.3, -0.25) is 4.99 Å². The third kappa shape index (κ3) is 5.85. The van der Waals surface area contributed by atoms with E-state index in [1.165, 1.54) is 5.56 Å². The summed E-state index contributed by atoms with van der Waals surface area (Å²) in [6, 6.07) is 20.7. The van der Waals surface area contributed by atoms with Crippen molar-refractivity contribution in [1.82, 2.24) is 20.4 Å². The largest absolute Gasteiger partial charge is 0.385 e. The summed E-state index contributed by atoms with van der Waals surface area (Å²) < 4.78 is 2.00. The van der Waals surface area contributed by atoms with Crippen LogP contribution in [0.1, 0.15) is 23.4 Å². The summed E-state index contributed by atoms with van der Waals surface area (Å²) in [4.78, 5) is 4.33. The van der Waals surface area contributed by atoms with Crippen molar-refractivity contribution in [1.29, 1.82) is 0 Å². The molecule has 1 heterocycles. The fourth-order valence-electron chi connectivity index (χ4n) is 3.22. The van der Waals surface area contributed by atoms with Gasteiger partial charge in [-0.05, 0) is 50.1 Å². The summed E-state index contributed by atoms with van der Waals surface area (Å²) >= 11 is 0. The van der Waals surface area contributed by atoms with Crippen LogP contribution in [0.4, 0.5) is 5.69 Å². The van der Waals surface area contributed by atoms with Gasteiger partial charge in [0.1, 0.15) is 0 Å². The SMILES string of the molecule is CN=C(NCCCNc1ccccc1)NCc1ccccc1-n1nc(C)cc1C. The summed E-state index contributed by atoms with van der Waals surface area (Å²) in [5.74, 6) is 0.799. The van der Waals surface area contributed by atoms with Crippen LogP contribution in [0, 0.1) is 13.8 Å². The van der Waals surface area contributed by atoms with Crippen LogP contribution in [-0.4, -0.2) is 35.9 Å². The van der Waals surface area contributed by atoms with E-state index < -0.39 is 0 Å². The molecule has 3 aromatic rings. The maximum Gasteiger partial charge on any atom is 0.191 e. The summed E-state index contributed by atoms with van der Waals surface area (Å²) in [6.07, 6.45) is 0.998. The van der Waals surface area contributed by atoms with E-state index in [1.54, 1.807) is 7.05 Å². The second-order valence-corrected chi connectivity index (χ2v) is 6.97. The van der Waals surface area contributed by atoms with Gasteiger partial charge in [0.15, 0.2) is 5.96 Å². The topological polar surface area (TPSA) is 66.3 Å². The molecule has 3 rings (SSSR count). The number of nitrogens with one attached hydrogen (secondary N) is 3. The molecule has 6 heteroatoms. The average Bonchev–Trinajstić information content (AvgIpc) is 3.08. The Bertz CT molecular complexity index is 930. The zero-order valence-electron chi connectivity index (χ0n) is 17.4. The lowest BCUT2D eigenvalue weighted by molar-refractivity contribution is 0.755. The fourth-order valence-corrected chi connectivity index (χ4v) is 3.22. The summed E-state index contributed by atoms with van der Waals surface area (Å²) in [5, 5.41) is 14.8. The smallest absolute Gasteiger partial charge is 0.191 e. The van der Waals surface area contributed by atoms with Gasteiger partial charge in [0.05, 0.1) is 11.4 Å². The molecule has 1 aromatic heterocycles. The van der Waals surface area contributed by atoms with Gasteiger partial charge in [-0.1, -0.05) is 36.4 Å². The van der Waals surface area contributed by atoms with Crippen LogP contribution in [0.15, 0.2) is 65.7 Å². The van der Waals surface area contributed by atoms with Gasteiger partial charge in [0.2, 0.25) is 0 Å². The molecule has 0 aliphatic rings. The predicted octanol–water partition coefficient (Wildman–Crippen LogP) is 3.66. The van der Waals surface area contributed by atoms with Crippen LogP contribution in [-0.2, 0) is 6.54 Å². The monoisotopic (exact) mass is 390 g/mol. The number of anilines is 1. The van der Waals surface area contributed by atoms with Crippen LogP contribution in [0.3, 0.4) is 0 Å². The third-order valence-corrected chi connectivity index (χ3v) is 4.65. The maximum absolute atomic E-state index is 4.62. The molecule has 29 heavy (non-hydrogen) atoms. The van der Waals surface area contributed by atoms with Crippen LogP contribution >= 0.6 is 0 Å². The number of rotatable bonds is 8. The van der Waals surface area contributed by atoms with Gasteiger partial charge in [-0.2, -0.15) is 5.10 Å². The van der Waals surface area contributed by atoms with E-state index in [2.05, 4.69) is 69.4 Å². The summed E-state index contributed by atoms with van der Waals surface area (Å²) in [5.41, 5.74) is 5.56. The van der Waals surface area contributed by atoms with Crippen LogP contribution in [0.5, 0.6) is 0 Å². The normalized spacial score (nSPS) is 11.3. The second kappa shape index (κ2) is 10.3. The molecule has 6 nitrogen and oxygen atoms in total. The first-order valence-corrected chi connectivity index (χ1v) is 10.0. The molecule has 0 amide bonds. The zero-order chi connectivity index (χ0) is 20.5. The van der Waals surface area contributed by atoms with E-state index in [0.29, 0.717) is 6.54 Å². The molecule has 0 saturated carbocycles. The number of nitrogens with zero attached hydrogens (tertiary/aromatic N) is 3. The molecule has 0 unspecified atom stereocenters. The fraction of sp³-hybridized carbons (Fsp3) is 0.304. The molecule has 3 N–H and O–H groups in total. The standard InChI is InChI=1S/C23H30N6/c1-18-16-19(2)29(28-18)22-13-8-7-10-20(22)17-27-23(24-3)26-15-9-14-25-21-11-5-4-6-12-21/h4-8,10-13,16,25H,9,14-15,17H2,1-3H3,(H2,24,26,27). The predicted molar refractivity (Wildman–Crippen MR) is 121 cm³/mol. The minimum absolute atomic E-state index is 0.677. The van der Waals surface area contributed by atoms with E-state index in [0.717, 1.165) is 48.2 Å². The van der Waals surface area contributed by atoms with E-state index in [1.807, 2.05) is 35.9 Å². The Balaban J connectivity index is 1.49. The van der Waals surface area contributed by atoms with Gasteiger partial charge in [0.25, 0.3) is 0 Å². The molecule has 0 fully saturated rings. The van der Waals surface area contributed by atoms with Crippen LogP contribution in [0.25, 0.3) is 5.69 Å². The molecule has 0 aliphatic heterocycles. The number of hydrogen-bond acceptors (Lipinski definition) is 3. The van der Waals surface area contributed by atoms with Gasteiger partial charge < -0.3 is 16.0 Å². The Morgan fingerprint density at radius 1 is 0.966 bits per heavy atom. The number of guanidine groups is 1. The van der Waals surface area contributed by atoms with E-state index in [9.17, 15) is 0 Å². The lowest BCUT2D eigenvalue weighted by Gasteiger charge is -2.15. The molecule has 0 atom stereocenters. The number of hydrogen-bond donors (Lipinski definition) is 3. The van der Waals surface area contributed by atoms with Gasteiger partial charge in [-0.25, -0.2) is 4.68 Å². The highest BCUT2D eigenvalue weighted by molar-refractivity contribution is 5.79. The highest BCUT2D eigenvalue weighted by Gasteiger charge is 2.09. The minimum atomic E-state index is 0.677. The van der Waals surface area contributed by atoms with Crippen molar-refractivity contribution in [2.75, 3.05) is 25.5 Å². The molecule has 0 saturated heterocycles. The Labute approximate surface area is 173 Å². The van der Waals surface area contributed by atoms with Crippen molar-refractivity contribution in [2.45, 2.75) is 26.8 Å².